The van der Waals surface area contributed by atoms with Gasteiger partial charge in [0.1, 0.15) is 0 Å². The summed E-state index contributed by atoms with van der Waals surface area (Å²) in [4.78, 5) is 0. The molecular formula is C12H21N3O. The Morgan fingerprint density at radius 1 is 1.62 bits per heavy atom. The molecule has 0 bridgehead atoms. The first kappa shape index (κ1) is 11.6. The van der Waals surface area contributed by atoms with Gasteiger partial charge < -0.3 is 10.4 Å². The van der Waals surface area contributed by atoms with Crippen molar-refractivity contribution in [1.29, 1.82) is 0 Å². The molecule has 16 heavy (non-hydrogen) atoms. The average Bonchev–Trinajstić information content (AvgIpc) is 2.85. The lowest BCUT2D eigenvalue weighted by Gasteiger charge is -2.23. The van der Waals surface area contributed by atoms with E-state index in [0.717, 1.165) is 5.56 Å². The summed E-state index contributed by atoms with van der Waals surface area (Å²) in [6.45, 7) is 2.41. The van der Waals surface area contributed by atoms with Crippen LogP contribution >= 0.6 is 0 Å². The van der Waals surface area contributed by atoms with Gasteiger partial charge in [0, 0.05) is 24.8 Å². The molecule has 1 aliphatic rings. The molecule has 1 aromatic heterocycles. The highest BCUT2D eigenvalue weighted by Gasteiger charge is 2.26. The number of nitrogens with one attached hydrogen (secondary N) is 1. The second kappa shape index (κ2) is 4.97. The van der Waals surface area contributed by atoms with Crippen molar-refractivity contribution >= 4 is 0 Å². The van der Waals surface area contributed by atoms with Gasteiger partial charge in [-0.25, -0.2) is 0 Å². The normalized spacial score (nSPS) is 27.2. The number of nitrogens with zero attached hydrogens (tertiary/aromatic N) is 2. The molecule has 90 valence electrons. The summed E-state index contributed by atoms with van der Waals surface area (Å²) in [5, 5.41) is 17.1. The summed E-state index contributed by atoms with van der Waals surface area (Å²) in [5.41, 5.74) is 1.07. The number of rotatable bonds is 4. The van der Waals surface area contributed by atoms with Gasteiger partial charge >= 0.3 is 0 Å². The molecule has 1 saturated carbocycles. The molecule has 0 amide bonds. The predicted molar refractivity (Wildman–Crippen MR) is 63.0 cm³/mol. The Labute approximate surface area is 96.7 Å². The summed E-state index contributed by atoms with van der Waals surface area (Å²) in [7, 11) is 1.90. The van der Waals surface area contributed by atoms with Crippen LogP contribution in [0, 0.1) is 5.92 Å². The van der Waals surface area contributed by atoms with E-state index in [9.17, 15) is 5.11 Å². The van der Waals surface area contributed by atoms with Gasteiger partial charge in [-0.2, -0.15) is 5.10 Å². The Kier molecular flexibility index (Phi) is 3.61. The molecule has 2 rings (SSSR count). The highest BCUT2D eigenvalue weighted by atomic mass is 16.3. The fourth-order valence-corrected chi connectivity index (χ4v) is 2.53. The molecule has 3 unspecified atom stereocenters. The van der Waals surface area contributed by atoms with Gasteiger partial charge in [0.2, 0.25) is 0 Å². The van der Waals surface area contributed by atoms with Crippen molar-refractivity contribution in [2.75, 3.05) is 6.61 Å². The van der Waals surface area contributed by atoms with Crippen LogP contribution in [0.15, 0.2) is 12.4 Å². The van der Waals surface area contributed by atoms with Crippen LogP contribution in [0.2, 0.25) is 0 Å². The van der Waals surface area contributed by atoms with E-state index in [0.29, 0.717) is 12.0 Å². The third-order valence-electron chi connectivity index (χ3n) is 3.59. The third kappa shape index (κ3) is 2.44. The SMILES string of the molecule is CC1CCCC1NC(CO)c1cnn(C)c1. The second-order valence-corrected chi connectivity index (χ2v) is 4.86. The van der Waals surface area contributed by atoms with Crippen molar-refractivity contribution in [1.82, 2.24) is 15.1 Å². The van der Waals surface area contributed by atoms with E-state index in [4.69, 9.17) is 0 Å². The molecule has 0 spiro atoms. The van der Waals surface area contributed by atoms with Crippen LogP contribution in [-0.4, -0.2) is 27.5 Å². The van der Waals surface area contributed by atoms with E-state index in [-0.39, 0.29) is 12.6 Å². The maximum Gasteiger partial charge on any atom is 0.0627 e. The summed E-state index contributed by atoms with van der Waals surface area (Å²) in [6.07, 6.45) is 7.60. The fraction of sp³-hybridized carbons (Fsp3) is 0.750. The quantitative estimate of drug-likeness (QED) is 0.807. The zero-order chi connectivity index (χ0) is 11.5. The second-order valence-electron chi connectivity index (χ2n) is 4.86. The van der Waals surface area contributed by atoms with Crippen LogP contribution in [0.1, 0.15) is 37.8 Å². The standard InChI is InChI=1S/C12H21N3O/c1-9-4-3-5-11(9)14-12(8-16)10-6-13-15(2)7-10/h6-7,9,11-12,14,16H,3-5,8H2,1-2H3. The summed E-state index contributed by atoms with van der Waals surface area (Å²) < 4.78 is 1.78. The van der Waals surface area contributed by atoms with E-state index < -0.39 is 0 Å². The zero-order valence-electron chi connectivity index (χ0n) is 10.1. The Morgan fingerprint density at radius 3 is 2.94 bits per heavy atom. The minimum absolute atomic E-state index is 0.0271. The largest absolute Gasteiger partial charge is 0.394 e. The Bertz CT molecular complexity index is 337. The number of hydrogen-bond donors (Lipinski definition) is 2. The van der Waals surface area contributed by atoms with E-state index in [1.54, 1.807) is 4.68 Å². The lowest BCUT2D eigenvalue weighted by Crippen LogP contribution is -2.36. The first-order chi connectivity index (χ1) is 7.70. The number of hydrogen-bond acceptors (Lipinski definition) is 3. The van der Waals surface area contributed by atoms with Crippen LogP contribution < -0.4 is 5.32 Å². The Hall–Kier alpha value is -0.870. The van der Waals surface area contributed by atoms with Gasteiger partial charge in [-0.05, 0) is 18.8 Å². The van der Waals surface area contributed by atoms with Gasteiger partial charge in [0.25, 0.3) is 0 Å². The minimum Gasteiger partial charge on any atom is -0.394 e. The van der Waals surface area contributed by atoms with E-state index in [1.807, 2.05) is 19.4 Å². The monoisotopic (exact) mass is 223 g/mol. The molecule has 3 atom stereocenters. The van der Waals surface area contributed by atoms with Crippen molar-refractivity contribution in [3.8, 4) is 0 Å². The van der Waals surface area contributed by atoms with Crippen LogP contribution in [0.25, 0.3) is 0 Å². The van der Waals surface area contributed by atoms with Crippen LogP contribution in [0.4, 0.5) is 0 Å². The number of aliphatic hydroxyl groups excluding tert-OH is 1. The summed E-state index contributed by atoms with van der Waals surface area (Å²) >= 11 is 0. The molecule has 1 aromatic rings. The molecule has 0 saturated heterocycles. The minimum atomic E-state index is 0.0271. The van der Waals surface area contributed by atoms with Gasteiger partial charge in [0.15, 0.2) is 0 Å². The first-order valence-electron chi connectivity index (χ1n) is 6.06. The molecule has 0 aliphatic heterocycles. The zero-order valence-corrected chi connectivity index (χ0v) is 10.1. The van der Waals surface area contributed by atoms with Gasteiger partial charge in [-0.1, -0.05) is 13.3 Å². The molecule has 4 heteroatoms. The topological polar surface area (TPSA) is 50.1 Å². The van der Waals surface area contributed by atoms with Crippen molar-refractivity contribution in [2.24, 2.45) is 13.0 Å². The van der Waals surface area contributed by atoms with E-state index in [2.05, 4.69) is 17.3 Å². The molecule has 1 heterocycles. The number of aliphatic hydroxyl groups is 1. The molecule has 0 aromatic carbocycles. The molecule has 1 aliphatic carbocycles. The molecule has 1 fully saturated rings. The average molecular weight is 223 g/mol. The molecule has 0 radical (unpaired) electrons. The van der Waals surface area contributed by atoms with Crippen LogP contribution in [0.5, 0.6) is 0 Å². The van der Waals surface area contributed by atoms with Crippen LogP contribution in [-0.2, 0) is 7.05 Å². The van der Waals surface area contributed by atoms with Crippen LogP contribution in [0.3, 0.4) is 0 Å². The maximum absolute atomic E-state index is 9.44. The predicted octanol–water partition coefficient (Wildman–Crippen LogP) is 1.23. The fourth-order valence-electron chi connectivity index (χ4n) is 2.53. The highest BCUT2D eigenvalue weighted by molar-refractivity contribution is 5.11. The maximum atomic E-state index is 9.44. The van der Waals surface area contributed by atoms with Gasteiger partial charge in [-0.3, -0.25) is 4.68 Å². The molecular weight excluding hydrogens is 202 g/mol. The van der Waals surface area contributed by atoms with Crippen molar-refractivity contribution in [2.45, 2.75) is 38.3 Å². The van der Waals surface area contributed by atoms with Crippen molar-refractivity contribution < 1.29 is 5.11 Å². The Balaban J connectivity index is 2.00. The lowest BCUT2D eigenvalue weighted by atomic mass is 10.0. The van der Waals surface area contributed by atoms with Crippen molar-refractivity contribution in [3.63, 3.8) is 0 Å². The summed E-state index contributed by atoms with van der Waals surface area (Å²) in [5.74, 6) is 0.714. The first-order valence-corrected chi connectivity index (χ1v) is 6.06. The highest BCUT2D eigenvalue weighted by Crippen LogP contribution is 2.27. The van der Waals surface area contributed by atoms with E-state index >= 15 is 0 Å². The third-order valence-corrected chi connectivity index (χ3v) is 3.59. The van der Waals surface area contributed by atoms with Gasteiger partial charge in [-0.15, -0.1) is 0 Å². The van der Waals surface area contributed by atoms with Gasteiger partial charge in [0.05, 0.1) is 18.8 Å². The summed E-state index contributed by atoms with van der Waals surface area (Å²) in [6, 6.07) is 0.566. The smallest absolute Gasteiger partial charge is 0.0627 e. The molecule has 4 nitrogen and oxygen atoms in total. The number of aryl methyl sites for hydroxylation is 1. The Morgan fingerprint density at radius 2 is 2.44 bits per heavy atom. The van der Waals surface area contributed by atoms with E-state index in [1.165, 1.54) is 19.3 Å². The lowest BCUT2D eigenvalue weighted by molar-refractivity contribution is 0.224. The number of aromatic nitrogens is 2. The molecule has 2 N–H and O–H groups in total. The van der Waals surface area contributed by atoms with Crippen molar-refractivity contribution in [3.05, 3.63) is 18.0 Å².